The number of phenols is 1. The molecule has 3 aromatic carbocycles. The topological polar surface area (TPSA) is 114 Å². The molecule has 0 spiro atoms. The van der Waals surface area contributed by atoms with Gasteiger partial charge in [0.2, 0.25) is 5.75 Å². The fourth-order valence-corrected chi connectivity index (χ4v) is 3.39. The Morgan fingerprint density at radius 1 is 0.900 bits per heavy atom. The van der Waals surface area contributed by atoms with Gasteiger partial charge in [-0.15, -0.1) is 0 Å². The van der Waals surface area contributed by atoms with E-state index in [0.29, 0.717) is 10.9 Å². The number of phenolic OH excluding ortho intramolecular Hbond substituents is 1. The van der Waals surface area contributed by atoms with Crippen LogP contribution >= 0.6 is 11.8 Å². The highest BCUT2D eigenvalue weighted by Crippen LogP contribution is 2.32. The minimum Gasteiger partial charge on any atom is -0.501 e. The average molecular weight is 420 g/mol. The number of benzene rings is 3. The first-order valence-electron chi connectivity index (χ1n) is 8.73. The van der Waals surface area contributed by atoms with Gasteiger partial charge in [-0.1, -0.05) is 36.0 Å². The molecule has 4 rings (SSSR count). The molecule has 0 saturated carbocycles. The number of nitro groups is 1. The Bertz CT molecular complexity index is 1180. The molecule has 30 heavy (non-hydrogen) atoms. The molecule has 8 heteroatoms. The van der Waals surface area contributed by atoms with E-state index in [1.165, 1.54) is 12.3 Å². The fourth-order valence-electron chi connectivity index (χ4n) is 2.56. The Balaban J connectivity index is 0.000000172. The van der Waals surface area contributed by atoms with Gasteiger partial charge >= 0.3 is 11.7 Å². The Morgan fingerprint density at radius 2 is 1.57 bits per heavy atom. The van der Waals surface area contributed by atoms with Crippen molar-refractivity contribution in [1.29, 1.82) is 0 Å². The van der Waals surface area contributed by atoms with Gasteiger partial charge in [-0.25, -0.2) is 4.79 Å². The van der Waals surface area contributed by atoms with Crippen molar-refractivity contribution in [3.05, 3.63) is 101 Å². The number of fused-ring (bicyclic) bond motifs is 1. The lowest BCUT2D eigenvalue weighted by Crippen LogP contribution is -1.94. The maximum absolute atomic E-state index is 10.7. The molecule has 0 fully saturated rings. The number of carbonyl (C=O) groups is 1. The van der Waals surface area contributed by atoms with Gasteiger partial charge in [-0.05, 0) is 48.5 Å². The quantitative estimate of drug-likeness (QED) is 0.336. The number of aromatic nitrogens is 1. The number of carboxylic acids is 1. The fraction of sp³-hybridized carbons (Fsp3) is 0. The van der Waals surface area contributed by atoms with Crippen molar-refractivity contribution in [2.75, 3.05) is 0 Å². The Hall–Kier alpha value is -3.91. The minimum atomic E-state index is -0.892. The summed E-state index contributed by atoms with van der Waals surface area (Å²) in [4.78, 5) is 26.6. The van der Waals surface area contributed by atoms with E-state index in [1.807, 2.05) is 42.5 Å². The second kappa shape index (κ2) is 9.53. The summed E-state index contributed by atoms with van der Waals surface area (Å²) in [7, 11) is 0. The zero-order valence-electron chi connectivity index (χ0n) is 15.5. The number of carboxylic acid groups (broad SMARTS) is 1. The van der Waals surface area contributed by atoms with E-state index in [1.54, 1.807) is 42.1 Å². The lowest BCUT2D eigenvalue weighted by molar-refractivity contribution is -0.385. The predicted octanol–water partition coefficient (Wildman–Crippen LogP) is 5.38. The highest BCUT2D eigenvalue weighted by Gasteiger charge is 2.16. The number of hydrogen-bond donors (Lipinski definition) is 2. The monoisotopic (exact) mass is 420 g/mol. The SMILES string of the molecule is O=C(O)c1ccc(Sc2ccccc2)cc1.O=[N+]([O-])c1ccc2cccnc2c1O. The molecular formula is C22H16N2O5S. The molecule has 1 heterocycles. The molecule has 0 aliphatic rings. The number of aromatic hydroxyl groups is 1. The van der Waals surface area contributed by atoms with Gasteiger partial charge in [0.25, 0.3) is 0 Å². The van der Waals surface area contributed by atoms with Crippen LogP contribution in [0.25, 0.3) is 10.9 Å². The summed E-state index contributed by atoms with van der Waals surface area (Å²) in [5.74, 6) is -1.27. The molecule has 4 aromatic rings. The molecule has 7 nitrogen and oxygen atoms in total. The van der Waals surface area contributed by atoms with Gasteiger partial charge in [0.05, 0.1) is 10.5 Å². The third-order valence-corrected chi connectivity index (χ3v) is 5.02. The molecular weight excluding hydrogens is 404 g/mol. The molecule has 1 aromatic heterocycles. The molecule has 0 atom stereocenters. The molecule has 0 aliphatic heterocycles. The smallest absolute Gasteiger partial charge is 0.335 e. The van der Waals surface area contributed by atoms with Crippen molar-refractivity contribution in [3.63, 3.8) is 0 Å². The van der Waals surface area contributed by atoms with Crippen molar-refractivity contribution in [2.24, 2.45) is 0 Å². The van der Waals surface area contributed by atoms with E-state index in [4.69, 9.17) is 5.11 Å². The van der Waals surface area contributed by atoms with Crippen LogP contribution in [0, 0.1) is 10.1 Å². The number of pyridine rings is 1. The average Bonchev–Trinajstić information content (AvgIpc) is 2.75. The normalized spacial score (nSPS) is 10.1. The summed E-state index contributed by atoms with van der Waals surface area (Å²) in [6, 6.07) is 23.1. The van der Waals surface area contributed by atoms with E-state index in [0.717, 1.165) is 9.79 Å². The van der Waals surface area contributed by atoms with Gasteiger partial charge in [0, 0.05) is 27.4 Å². The second-order valence-corrected chi connectivity index (χ2v) is 7.16. The maximum atomic E-state index is 10.7. The minimum absolute atomic E-state index is 0.252. The molecule has 0 aliphatic carbocycles. The van der Waals surface area contributed by atoms with E-state index < -0.39 is 10.9 Å². The molecule has 0 saturated heterocycles. The van der Waals surface area contributed by atoms with Crippen LogP contribution in [0.1, 0.15) is 10.4 Å². The van der Waals surface area contributed by atoms with Crippen LogP contribution in [0.3, 0.4) is 0 Å². The standard InChI is InChI=1S/C13H10O2S.C9H6N2O3/c14-13(15)10-6-8-12(9-7-10)16-11-4-2-1-3-5-11;12-9-7(11(13)14)4-3-6-2-1-5-10-8(6)9/h1-9H,(H,14,15);1-5,12H. The van der Waals surface area contributed by atoms with Crippen molar-refractivity contribution in [2.45, 2.75) is 9.79 Å². The third-order valence-electron chi connectivity index (χ3n) is 4.00. The van der Waals surface area contributed by atoms with Crippen LogP contribution in [0.15, 0.2) is 94.9 Å². The molecule has 0 amide bonds. The van der Waals surface area contributed by atoms with Crippen molar-refractivity contribution < 1.29 is 19.9 Å². The van der Waals surface area contributed by atoms with Gasteiger partial charge in [-0.2, -0.15) is 0 Å². The van der Waals surface area contributed by atoms with E-state index in [-0.39, 0.29) is 17.0 Å². The van der Waals surface area contributed by atoms with Gasteiger partial charge in [-0.3, -0.25) is 15.1 Å². The molecule has 0 radical (unpaired) electrons. The highest BCUT2D eigenvalue weighted by atomic mass is 32.2. The number of aromatic carboxylic acids is 1. The third kappa shape index (κ3) is 5.12. The second-order valence-electron chi connectivity index (χ2n) is 6.01. The van der Waals surface area contributed by atoms with E-state index in [9.17, 15) is 20.0 Å². The first-order valence-corrected chi connectivity index (χ1v) is 9.54. The lowest BCUT2D eigenvalue weighted by atomic mass is 10.2. The number of hydrogen-bond acceptors (Lipinski definition) is 6. The Kier molecular flexibility index (Phi) is 6.61. The summed E-state index contributed by atoms with van der Waals surface area (Å²) in [6.45, 7) is 0. The van der Waals surface area contributed by atoms with Crippen molar-refractivity contribution >= 4 is 34.3 Å². The predicted molar refractivity (Wildman–Crippen MR) is 114 cm³/mol. The zero-order valence-corrected chi connectivity index (χ0v) is 16.3. The first-order chi connectivity index (χ1) is 14.5. The molecule has 2 N–H and O–H groups in total. The van der Waals surface area contributed by atoms with E-state index in [2.05, 4.69) is 4.98 Å². The van der Waals surface area contributed by atoms with Crippen LogP contribution in [0.2, 0.25) is 0 Å². The largest absolute Gasteiger partial charge is 0.501 e. The molecule has 0 unspecified atom stereocenters. The summed E-state index contributed by atoms with van der Waals surface area (Å²) >= 11 is 1.62. The van der Waals surface area contributed by atoms with Crippen LogP contribution in [0.5, 0.6) is 5.75 Å². The van der Waals surface area contributed by atoms with Gasteiger partial charge < -0.3 is 10.2 Å². The van der Waals surface area contributed by atoms with Gasteiger partial charge in [0.1, 0.15) is 5.52 Å². The van der Waals surface area contributed by atoms with Crippen molar-refractivity contribution in [1.82, 2.24) is 4.98 Å². The zero-order chi connectivity index (χ0) is 21.5. The van der Waals surface area contributed by atoms with Crippen molar-refractivity contribution in [3.8, 4) is 5.75 Å². The van der Waals surface area contributed by atoms with Crippen LogP contribution in [-0.2, 0) is 0 Å². The maximum Gasteiger partial charge on any atom is 0.335 e. The van der Waals surface area contributed by atoms with Crippen LogP contribution in [0.4, 0.5) is 5.69 Å². The highest BCUT2D eigenvalue weighted by molar-refractivity contribution is 7.99. The number of nitro benzene ring substituents is 1. The summed E-state index contributed by atoms with van der Waals surface area (Å²) < 4.78 is 0. The van der Waals surface area contributed by atoms with Crippen LogP contribution in [-0.4, -0.2) is 26.1 Å². The van der Waals surface area contributed by atoms with Gasteiger partial charge in [0.15, 0.2) is 0 Å². The summed E-state index contributed by atoms with van der Waals surface area (Å²) in [6.07, 6.45) is 1.48. The Morgan fingerprint density at radius 3 is 2.20 bits per heavy atom. The molecule has 0 bridgehead atoms. The summed E-state index contributed by atoms with van der Waals surface area (Å²) in [5.41, 5.74) is 0.246. The van der Waals surface area contributed by atoms with E-state index >= 15 is 0 Å². The molecule has 150 valence electrons. The Labute approximate surface area is 175 Å². The first kappa shape index (κ1) is 20.8. The summed E-state index contributed by atoms with van der Waals surface area (Å²) in [5, 5.41) is 29.4. The number of rotatable bonds is 4. The number of nitrogens with zero attached hydrogens (tertiary/aromatic N) is 2. The lowest BCUT2D eigenvalue weighted by Gasteiger charge is -2.01. The van der Waals surface area contributed by atoms with Crippen LogP contribution < -0.4 is 0 Å².